The molecular weight excluding hydrogens is 344 g/mol. The van der Waals surface area contributed by atoms with Crippen LogP contribution in [0.15, 0.2) is 107 Å². The Morgan fingerprint density at radius 2 is 1.18 bits per heavy atom. The molecule has 0 aromatic heterocycles. The van der Waals surface area contributed by atoms with Crippen LogP contribution in [0, 0.1) is 0 Å². The molecule has 0 unspecified atom stereocenters. The summed E-state index contributed by atoms with van der Waals surface area (Å²) in [4.78, 5) is 13.0. The van der Waals surface area contributed by atoms with Gasteiger partial charge in [-0.1, -0.05) is 97.1 Å². The summed E-state index contributed by atoms with van der Waals surface area (Å²) in [6.07, 6.45) is 0. The van der Waals surface area contributed by atoms with E-state index in [0.29, 0.717) is 11.3 Å². The van der Waals surface area contributed by atoms with Crippen LogP contribution in [-0.4, -0.2) is 17.2 Å². The van der Waals surface area contributed by atoms with Gasteiger partial charge in [0.1, 0.15) is 11.4 Å². The molecular formula is C25H16N2O. The Morgan fingerprint density at radius 3 is 1.79 bits per heavy atom. The Labute approximate surface area is 162 Å². The monoisotopic (exact) mass is 360 g/mol. The highest BCUT2D eigenvalue weighted by atomic mass is 16.1. The molecule has 0 spiro atoms. The molecule has 0 heterocycles. The SMILES string of the molecule is O=C1/C(=N\N=C(c2ccccc2)c2ccccc2)c2cccc3cccc1c23. The second-order valence-electron chi connectivity index (χ2n) is 6.67. The van der Waals surface area contributed by atoms with Gasteiger partial charge in [0, 0.05) is 27.6 Å². The number of benzene rings is 4. The fraction of sp³-hybridized carbons (Fsp3) is 0. The van der Waals surface area contributed by atoms with Crippen molar-refractivity contribution in [1.82, 2.24) is 0 Å². The van der Waals surface area contributed by atoms with Crippen molar-refractivity contribution in [2.24, 2.45) is 10.2 Å². The van der Waals surface area contributed by atoms with Crippen LogP contribution in [-0.2, 0) is 0 Å². The standard InChI is InChI=1S/C25H16N2O/c28-25-21-16-8-14-17-13-7-15-20(22(17)21)24(25)27-26-23(18-9-3-1-4-10-18)19-11-5-2-6-12-19/h1-16H/b27-24-. The number of carbonyl (C=O) groups excluding carboxylic acids is 1. The zero-order chi connectivity index (χ0) is 18.9. The number of nitrogens with zero attached hydrogens (tertiary/aromatic N) is 2. The summed E-state index contributed by atoms with van der Waals surface area (Å²) >= 11 is 0. The van der Waals surface area contributed by atoms with Crippen LogP contribution in [0.5, 0.6) is 0 Å². The van der Waals surface area contributed by atoms with Gasteiger partial charge in [-0.05, 0) is 5.39 Å². The van der Waals surface area contributed by atoms with Gasteiger partial charge in [0.05, 0.1) is 0 Å². The van der Waals surface area contributed by atoms with Gasteiger partial charge in [-0.3, -0.25) is 4.79 Å². The van der Waals surface area contributed by atoms with Crippen molar-refractivity contribution in [3.8, 4) is 0 Å². The third-order valence-electron chi connectivity index (χ3n) is 4.96. The molecule has 3 nitrogen and oxygen atoms in total. The molecule has 4 aromatic rings. The third-order valence-corrected chi connectivity index (χ3v) is 4.96. The first-order valence-corrected chi connectivity index (χ1v) is 9.16. The molecule has 0 radical (unpaired) electrons. The zero-order valence-electron chi connectivity index (χ0n) is 15.0. The highest BCUT2D eigenvalue weighted by molar-refractivity contribution is 6.59. The maximum Gasteiger partial charge on any atom is 0.214 e. The van der Waals surface area contributed by atoms with E-state index in [1.165, 1.54) is 0 Å². The van der Waals surface area contributed by atoms with Gasteiger partial charge >= 0.3 is 0 Å². The lowest BCUT2D eigenvalue weighted by atomic mass is 10.0. The summed E-state index contributed by atoms with van der Waals surface area (Å²) in [5.74, 6) is -0.0731. The molecule has 0 atom stereocenters. The van der Waals surface area contributed by atoms with E-state index in [0.717, 1.165) is 33.2 Å². The molecule has 28 heavy (non-hydrogen) atoms. The highest BCUT2D eigenvalue weighted by Gasteiger charge is 2.28. The van der Waals surface area contributed by atoms with Crippen LogP contribution in [0.3, 0.4) is 0 Å². The van der Waals surface area contributed by atoms with Crippen LogP contribution in [0.25, 0.3) is 10.8 Å². The number of rotatable bonds is 3. The summed E-state index contributed by atoms with van der Waals surface area (Å²) < 4.78 is 0. The summed E-state index contributed by atoms with van der Waals surface area (Å²) in [5.41, 5.74) is 4.60. The molecule has 3 heteroatoms. The molecule has 0 saturated heterocycles. The minimum Gasteiger partial charge on any atom is -0.287 e. The van der Waals surface area contributed by atoms with Crippen molar-refractivity contribution in [2.75, 3.05) is 0 Å². The predicted molar refractivity (Wildman–Crippen MR) is 113 cm³/mol. The number of carbonyl (C=O) groups is 1. The Balaban J connectivity index is 1.68. The van der Waals surface area contributed by atoms with Crippen LogP contribution < -0.4 is 0 Å². The van der Waals surface area contributed by atoms with Crippen molar-refractivity contribution in [1.29, 1.82) is 0 Å². The van der Waals surface area contributed by atoms with Gasteiger partial charge in [0.25, 0.3) is 0 Å². The van der Waals surface area contributed by atoms with Crippen molar-refractivity contribution < 1.29 is 4.79 Å². The van der Waals surface area contributed by atoms with Gasteiger partial charge in [0.2, 0.25) is 5.78 Å². The maximum absolute atomic E-state index is 13.0. The van der Waals surface area contributed by atoms with Crippen LogP contribution >= 0.6 is 0 Å². The molecule has 1 aliphatic rings. The number of hydrogen-bond acceptors (Lipinski definition) is 3. The van der Waals surface area contributed by atoms with E-state index in [2.05, 4.69) is 10.2 Å². The summed E-state index contributed by atoms with van der Waals surface area (Å²) in [7, 11) is 0. The molecule has 0 N–H and O–H groups in total. The molecule has 0 fully saturated rings. The van der Waals surface area contributed by atoms with E-state index in [1.807, 2.05) is 97.1 Å². The summed E-state index contributed by atoms with van der Waals surface area (Å²) in [6.45, 7) is 0. The number of hydrogen-bond donors (Lipinski definition) is 0. The first-order chi connectivity index (χ1) is 13.8. The van der Waals surface area contributed by atoms with E-state index in [9.17, 15) is 4.79 Å². The molecule has 5 rings (SSSR count). The first kappa shape index (κ1) is 16.3. The average Bonchev–Trinajstić information content (AvgIpc) is 3.03. The highest BCUT2D eigenvalue weighted by Crippen LogP contribution is 2.31. The smallest absolute Gasteiger partial charge is 0.214 e. The van der Waals surface area contributed by atoms with E-state index in [-0.39, 0.29) is 5.78 Å². The minimum atomic E-state index is -0.0731. The van der Waals surface area contributed by atoms with Crippen LogP contribution in [0.2, 0.25) is 0 Å². The van der Waals surface area contributed by atoms with Gasteiger partial charge in [0.15, 0.2) is 0 Å². The van der Waals surface area contributed by atoms with Crippen molar-refractivity contribution in [3.63, 3.8) is 0 Å². The fourth-order valence-electron chi connectivity index (χ4n) is 3.65. The second-order valence-corrected chi connectivity index (χ2v) is 6.67. The van der Waals surface area contributed by atoms with Crippen LogP contribution in [0.1, 0.15) is 27.0 Å². The lowest BCUT2D eigenvalue weighted by Gasteiger charge is -2.05. The van der Waals surface area contributed by atoms with Crippen molar-refractivity contribution in [2.45, 2.75) is 0 Å². The summed E-state index contributed by atoms with van der Waals surface area (Å²) in [5, 5.41) is 11.0. The van der Waals surface area contributed by atoms with Crippen molar-refractivity contribution >= 4 is 28.0 Å². The van der Waals surface area contributed by atoms with Gasteiger partial charge in [-0.15, -0.1) is 10.2 Å². The molecule has 0 saturated carbocycles. The van der Waals surface area contributed by atoms with E-state index in [1.54, 1.807) is 0 Å². The first-order valence-electron chi connectivity index (χ1n) is 9.16. The molecule has 0 bridgehead atoms. The van der Waals surface area contributed by atoms with Gasteiger partial charge in [-0.25, -0.2) is 0 Å². The Morgan fingerprint density at radius 1 is 0.607 bits per heavy atom. The molecule has 132 valence electrons. The van der Waals surface area contributed by atoms with Crippen LogP contribution in [0.4, 0.5) is 0 Å². The molecule has 4 aromatic carbocycles. The Kier molecular flexibility index (Phi) is 3.91. The molecule has 1 aliphatic carbocycles. The summed E-state index contributed by atoms with van der Waals surface area (Å²) in [6, 6.07) is 31.5. The minimum absolute atomic E-state index is 0.0731. The quantitative estimate of drug-likeness (QED) is 0.362. The molecule has 0 amide bonds. The third kappa shape index (κ3) is 2.65. The second kappa shape index (κ2) is 6.71. The Bertz CT molecular complexity index is 1210. The Hall–Kier alpha value is -3.85. The fourth-order valence-corrected chi connectivity index (χ4v) is 3.65. The molecule has 0 aliphatic heterocycles. The van der Waals surface area contributed by atoms with E-state index in [4.69, 9.17) is 0 Å². The number of ketones is 1. The van der Waals surface area contributed by atoms with Gasteiger partial charge < -0.3 is 0 Å². The van der Waals surface area contributed by atoms with Gasteiger partial charge in [-0.2, -0.15) is 0 Å². The zero-order valence-corrected chi connectivity index (χ0v) is 15.0. The maximum atomic E-state index is 13.0. The predicted octanol–water partition coefficient (Wildman–Crippen LogP) is 5.28. The van der Waals surface area contributed by atoms with E-state index < -0.39 is 0 Å². The van der Waals surface area contributed by atoms with E-state index >= 15 is 0 Å². The topological polar surface area (TPSA) is 41.8 Å². The van der Waals surface area contributed by atoms with Crippen molar-refractivity contribution in [3.05, 3.63) is 119 Å². The average molecular weight is 360 g/mol. The lowest BCUT2D eigenvalue weighted by Crippen LogP contribution is -2.09. The number of Topliss-reactive ketones (excluding diaryl/α,β-unsaturated/α-hetero) is 1. The lowest BCUT2D eigenvalue weighted by molar-refractivity contribution is 0.107. The largest absolute Gasteiger partial charge is 0.287 e. The normalized spacial score (nSPS) is 13.9.